The van der Waals surface area contributed by atoms with Crippen molar-refractivity contribution in [2.45, 2.75) is 18.9 Å². The van der Waals surface area contributed by atoms with E-state index in [1.165, 1.54) is 10.6 Å². The van der Waals surface area contributed by atoms with Crippen molar-refractivity contribution >= 4 is 26.8 Å². The molecule has 1 atom stereocenters. The van der Waals surface area contributed by atoms with Crippen molar-refractivity contribution in [2.24, 2.45) is 7.05 Å². The number of benzene rings is 1. The second-order valence-electron chi connectivity index (χ2n) is 6.10. The molecule has 1 aromatic carbocycles. The second kappa shape index (κ2) is 5.98. The van der Waals surface area contributed by atoms with Gasteiger partial charge in [-0.25, -0.2) is 12.7 Å². The highest BCUT2D eigenvalue weighted by Crippen LogP contribution is 2.21. The van der Waals surface area contributed by atoms with Crippen LogP contribution in [0.5, 0.6) is 0 Å². The Kier molecular flexibility index (Phi) is 4.16. The van der Waals surface area contributed by atoms with Gasteiger partial charge in [-0.2, -0.15) is 0 Å². The quantitative estimate of drug-likeness (QED) is 0.920. The number of para-hydroxylation sites is 1. The van der Waals surface area contributed by atoms with Crippen molar-refractivity contribution in [3.63, 3.8) is 0 Å². The van der Waals surface area contributed by atoms with Gasteiger partial charge in [-0.1, -0.05) is 18.2 Å². The molecule has 2 aromatic rings. The van der Waals surface area contributed by atoms with Crippen LogP contribution in [-0.2, 0) is 17.1 Å². The maximum Gasteiger partial charge on any atom is 0.253 e. The van der Waals surface area contributed by atoms with Crippen molar-refractivity contribution in [3.8, 4) is 0 Å². The number of hydrogen-bond donors (Lipinski definition) is 1. The molecule has 1 fully saturated rings. The summed E-state index contributed by atoms with van der Waals surface area (Å²) in [6.45, 7) is 0.870. The zero-order chi connectivity index (χ0) is 16.6. The number of carbonyl (C=O) groups excluding carboxylic acids is 1. The van der Waals surface area contributed by atoms with Crippen molar-refractivity contribution in [1.29, 1.82) is 0 Å². The molecule has 124 valence electrons. The number of nitrogens with zero attached hydrogens (tertiary/aromatic N) is 2. The fourth-order valence-electron chi connectivity index (χ4n) is 3.15. The van der Waals surface area contributed by atoms with Crippen molar-refractivity contribution in [1.82, 2.24) is 14.2 Å². The lowest BCUT2D eigenvalue weighted by Gasteiger charge is -2.31. The van der Waals surface area contributed by atoms with E-state index in [1.54, 1.807) is 0 Å². The number of nitrogens with one attached hydrogen (secondary N) is 1. The van der Waals surface area contributed by atoms with Gasteiger partial charge in [0, 0.05) is 43.3 Å². The Balaban J connectivity index is 1.78. The third-order valence-corrected chi connectivity index (χ3v) is 5.60. The average molecular weight is 335 g/mol. The molecule has 1 unspecified atom stereocenters. The second-order valence-corrected chi connectivity index (χ2v) is 8.09. The predicted octanol–water partition coefficient (Wildman–Crippen LogP) is 1.33. The van der Waals surface area contributed by atoms with Gasteiger partial charge in [-0.15, -0.1) is 0 Å². The summed E-state index contributed by atoms with van der Waals surface area (Å²) in [5, 5.41) is 3.89. The van der Waals surface area contributed by atoms with Crippen LogP contribution >= 0.6 is 0 Å². The molecule has 1 aliphatic rings. The Bertz CT molecular complexity index is 841. The number of aryl methyl sites for hydroxylation is 1. The Morgan fingerprint density at radius 1 is 1.30 bits per heavy atom. The van der Waals surface area contributed by atoms with Gasteiger partial charge >= 0.3 is 0 Å². The van der Waals surface area contributed by atoms with Gasteiger partial charge in [0.05, 0.1) is 11.8 Å². The molecule has 0 saturated carbocycles. The molecule has 1 aliphatic heterocycles. The molecule has 3 rings (SSSR count). The highest BCUT2D eigenvalue weighted by Gasteiger charge is 2.27. The molecule has 7 heteroatoms. The molecule has 0 aliphatic carbocycles. The first kappa shape index (κ1) is 16.0. The zero-order valence-electron chi connectivity index (χ0n) is 13.3. The van der Waals surface area contributed by atoms with Crippen LogP contribution in [0.3, 0.4) is 0 Å². The lowest BCUT2D eigenvalue weighted by atomic mass is 10.1. The molecule has 1 saturated heterocycles. The first-order chi connectivity index (χ1) is 10.9. The Hall–Kier alpha value is -1.86. The third kappa shape index (κ3) is 3.25. The van der Waals surface area contributed by atoms with Gasteiger partial charge < -0.3 is 9.88 Å². The number of piperidine rings is 1. The Morgan fingerprint density at radius 3 is 2.78 bits per heavy atom. The molecule has 1 N–H and O–H groups in total. The zero-order valence-corrected chi connectivity index (χ0v) is 14.1. The van der Waals surface area contributed by atoms with Crippen LogP contribution < -0.4 is 5.32 Å². The van der Waals surface area contributed by atoms with Crippen LogP contribution in [0.2, 0.25) is 0 Å². The number of sulfonamides is 1. The maximum atomic E-state index is 12.6. The van der Waals surface area contributed by atoms with E-state index in [0.717, 1.165) is 23.7 Å². The fraction of sp³-hybridized carbons (Fsp3) is 0.438. The summed E-state index contributed by atoms with van der Waals surface area (Å²) in [6.07, 6.45) is 4.58. The van der Waals surface area contributed by atoms with E-state index in [4.69, 9.17) is 0 Å². The molecular weight excluding hydrogens is 314 g/mol. The van der Waals surface area contributed by atoms with E-state index in [-0.39, 0.29) is 11.9 Å². The molecule has 2 heterocycles. The van der Waals surface area contributed by atoms with Crippen molar-refractivity contribution in [2.75, 3.05) is 19.3 Å². The van der Waals surface area contributed by atoms with Crippen LogP contribution in [0, 0.1) is 0 Å². The predicted molar refractivity (Wildman–Crippen MR) is 89.8 cm³/mol. The molecule has 0 spiro atoms. The molecule has 0 bridgehead atoms. The summed E-state index contributed by atoms with van der Waals surface area (Å²) in [4.78, 5) is 12.6. The van der Waals surface area contributed by atoms with Gasteiger partial charge in [0.15, 0.2) is 0 Å². The minimum Gasteiger partial charge on any atom is -0.350 e. The first-order valence-corrected chi connectivity index (χ1v) is 9.51. The normalized spacial score (nSPS) is 19.8. The first-order valence-electron chi connectivity index (χ1n) is 7.66. The van der Waals surface area contributed by atoms with Gasteiger partial charge in [0.2, 0.25) is 10.0 Å². The molecule has 1 aromatic heterocycles. The van der Waals surface area contributed by atoms with Crippen molar-refractivity contribution < 1.29 is 13.2 Å². The highest BCUT2D eigenvalue weighted by atomic mass is 32.2. The molecule has 23 heavy (non-hydrogen) atoms. The van der Waals surface area contributed by atoms with Crippen LogP contribution in [0.25, 0.3) is 10.9 Å². The minimum absolute atomic E-state index is 0.148. The fourth-order valence-corrected chi connectivity index (χ4v) is 4.06. The maximum absolute atomic E-state index is 12.6. The van der Waals surface area contributed by atoms with Gasteiger partial charge in [0.25, 0.3) is 5.91 Å². The summed E-state index contributed by atoms with van der Waals surface area (Å²) < 4.78 is 26.7. The van der Waals surface area contributed by atoms with Crippen LogP contribution in [0.4, 0.5) is 0 Å². The molecule has 6 nitrogen and oxygen atoms in total. The lowest BCUT2D eigenvalue weighted by molar-refractivity contribution is 0.0923. The number of aromatic nitrogens is 1. The van der Waals surface area contributed by atoms with Crippen LogP contribution in [0.15, 0.2) is 30.5 Å². The van der Waals surface area contributed by atoms with Gasteiger partial charge in [0.1, 0.15) is 0 Å². The Morgan fingerprint density at radius 2 is 2.04 bits per heavy atom. The largest absolute Gasteiger partial charge is 0.350 e. The number of rotatable bonds is 3. The van der Waals surface area contributed by atoms with Crippen molar-refractivity contribution in [3.05, 3.63) is 36.0 Å². The van der Waals surface area contributed by atoms with Crippen LogP contribution in [-0.4, -0.2) is 48.6 Å². The van der Waals surface area contributed by atoms with Crippen LogP contribution in [0.1, 0.15) is 23.2 Å². The van der Waals surface area contributed by atoms with Gasteiger partial charge in [-0.05, 0) is 18.9 Å². The van der Waals surface area contributed by atoms with Gasteiger partial charge in [-0.3, -0.25) is 4.79 Å². The highest BCUT2D eigenvalue weighted by molar-refractivity contribution is 7.88. The minimum atomic E-state index is -3.21. The monoisotopic (exact) mass is 335 g/mol. The smallest absolute Gasteiger partial charge is 0.253 e. The van der Waals surface area contributed by atoms with E-state index in [0.29, 0.717) is 18.7 Å². The number of carbonyl (C=O) groups is 1. The van der Waals surface area contributed by atoms with E-state index in [1.807, 2.05) is 42.1 Å². The van der Waals surface area contributed by atoms with E-state index >= 15 is 0 Å². The number of amides is 1. The summed E-state index contributed by atoms with van der Waals surface area (Å²) >= 11 is 0. The summed E-state index contributed by atoms with van der Waals surface area (Å²) in [5.41, 5.74) is 1.62. The average Bonchev–Trinajstić information content (AvgIpc) is 2.85. The van der Waals surface area contributed by atoms with E-state index < -0.39 is 10.0 Å². The SMILES string of the molecule is Cn1cc(C(=O)NC2CCCN(S(C)(=O)=O)C2)c2ccccc21. The summed E-state index contributed by atoms with van der Waals surface area (Å²) in [5.74, 6) is -0.151. The number of hydrogen-bond acceptors (Lipinski definition) is 3. The number of fused-ring (bicyclic) bond motifs is 1. The Labute approximate surface area is 136 Å². The van der Waals surface area contributed by atoms with E-state index in [2.05, 4.69) is 5.32 Å². The molecule has 1 amide bonds. The standard InChI is InChI=1S/C16H21N3O3S/c1-18-11-14(13-7-3-4-8-15(13)18)16(20)17-12-6-5-9-19(10-12)23(2,21)22/h3-4,7-8,11-12H,5-6,9-10H2,1-2H3,(H,17,20). The summed E-state index contributed by atoms with van der Waals surface area (Å²) in [7, 11) is -1.30. The molecule has 0 radical (unpaired) electrons. The molecular formula is C16H21N3O3S. The third-order valence-electron chi connectivity index (χ3n) is 4.33. The lowest BCUT2D eigenvalue weighted by Crippen LogP contribution is -2.49. The summed E-state index contributed by atoms with van der Waals surface area (Å²) in [6, 6.07) is 7.59. The van der Waals surface area contributed by atoms with E-state index in [9.17, 15) is 13.2 Å². The topological polar surface area (TPSA) is 71.4 Å².